The second-order valence-corrected chi connectivity index (χ2v) is 7.13. The number of anilines is 2. The van der Waals surface area contributed by atoms with Gasteiger partial charge < -0.3 is 10.6 Å². The van der Waals surface area contributed by atoms with Gasteiger partial charge in [0.15, 0.2) is 0 Å². The minimum absolute atomic E-state index is 0.0211. The lowest BCUT2D eigenvalue weighted by molar-refractivity contribution is -0.116. The molecule has 0 atom stereocenters. The van der Waals surface area contributed by atoms with Gasteiger partial charge in [0, 0.05) is 17.8 Å². The smallest absolute Gasteiger partial charge is 0.234 e. The van der Waals surface area contributed by atoms with Crippen LogP contribution in [0, 0.1) is 19.7 Å². The molecule has 0 radical (unpaired) electrons. The second-order valence-electron chi connectivity index (χ2n) is 6.03. The van der Waals surface area contributed by atoms with E-state index in [2.05, 4.69) is 10.6 Å². The van der Waals surface area contributed by atoms with Crippen LogP contribution in [0.2, 0.25) is 0 Å². The molecule has 6 heteroatoms. The fourth-order valence-electron chi connectivity index (χ4n) is 2.48. The van der Waals surface area contributed by atoms with Crippen molar-refractivity contribution in [2.75, 3.05) is 22.1 Å². The molecule has 0 spiro atoms. The third-order valence-electron chi connectivity index (χ3n) is 3.78. The van der Waals surface area contributed by atoms with E-state index >= 15 is 0 Å². The molecule has 2 aromatic carbocycles. The van der Waals surface area contributed by atoms with Crippen molar-refractivity contribution in [2.24, 2.45) is 0 Å². The van der Waals surface area contributed by atoms with Gasteiger partial charge in [0.25, 0.3) is 0 Å². The number of benzene rings is 2. The van der Waals surface area contributed by atoms with Crippen molar-refractivity contribution in [1.29, 1.82) is 0 Å². The van der Waals surface area contributed by atoms with Crippen molar-refractivity contribution >= 4 is 35.0 Å². The molecule has 0 bridgehead atoms. The van der Waals surface area contributed by atoms with Gasteiger partial charge in [0.2, 0.25) is 11.8 Å². The largest absolute Gasteiger partial charge is 0.326 e. The number of halogens is 1. The topological polar surface area (TPSA) is 58.2 Å². The van der Waals surface area contributed by atoms with Crippen LogP contribution in [-0.2, 0) is 9.59 Å². The number of carbonyl (C=O) groups excluding carboxylic acids is 2. The molecule has 0 fully saturated rings. The fraction of sp³-hybridized carbons (Fsp3) is 0.300. The van der Waals surface area contributed by atoms with E-state index < -0.39 is 0 Å². The van der Waals surface area contributed by atoms with Crippen LogP contribution in [-0.4, -0.2) is 23.3 Å². The van der Waals surface area contributed by atoms with E-state index in [0.717, 1.165) is 16.8 Å². The molecule has 0 saturated heterocycles. The van der Waals surface area contributed by atoms with Crippen LogP contribution in [0.5, 0.6) is 0 Å². The summed E-state index contributed by atoms with van der Waals surface area (Å²) in [6.45, 7) is 3.94. The summed E-state index contributed by atoms with van der Waals surface area (Å²) in [7, 11) is 0. The van der Waals surface area contributed by atoms with Gasteiger partial charge in [-0.3, -0.25) is 9.59 Å². The van der Waals surface area contributed by atoms with Crippen LogP contribution in [0.3, 0.4) is 0 Å². The SMILES string of the molecule is Cc1cccc(C)c1NC(=O)CCCSCC(=O)Nc1cccc(F)c1. The third-order valence-corrected chi connectivity index (χ3v) is 4.82. The third kappa shape index (κ3) is 6.52. The van der Waals surface area contributed by atoms with E-state index in [1.807, 2.05) is 32.0 Å². The van der Waals surface area contributed by atoms with Gasteiger partial charge in [0.05, 0.1) is 5.75 Å². The summed E-state index contributed by atoms with van der Waals surface area (Å²) >= 11 is 1.45. The molecule has 2 amide bonds. The Balaban J connectivity index is 1.64. The van der Waals surface area contributed by atoms with Gasteiger partial charge in [-0.15, -0.1) is 0 Å². The van der Waals surface area contributed by atoms with Crippen LogP contribution in [0.4, 0.5) is 15.8 Å². The van der Waals surface area contributed by atoms with Gasteiger partial charge in [-0.1, -0.05) is 24.3 Å². The minimum atomic E-state index is -0.384. The normalized spacial score (nSPS) is 10.4. The average molecular weight is 374 g/mol. The first-order valence-corrected chi connectivity index (χ1v) is 9.60. The quantitative estimate of drug-likeness (QED) is 0.667. The summed E-state index contributed by atoms with van der Waals surface area (Å²) in [5.74, 6) is 0.393. The Morgan fingerprint density at radius 2 is 1.69 bits per heavy atom. The highest BCUT2D eigenvalue weighted by atomic mass is 32.2. The van der Waals surface area contributed by atoms with Gasteiger partial charge in [-0.05, 0) is 55.3 Å². The maximum absolute atomic E-state index is 13.1. The number of carbonyl (C=O) groups is 2. The first-order valence-electron chi connectivity index (χ1n) is 8.45. The zero-order valence-electron chi connectivity index (χ0n) is 15.0. The van der Waals surface area contributed by atoms with Crippen LogP contribution < -0.4 is 10.6 Å². The van der Waals surface area contributed by atoms with Crippen LogP contribution in [0.15, 0.2) is 42.5 Å². The number of nitrogens with one attached hydrogen (secondary N) is 2. The molecule has 138 valence electrons. The number of para-hydroxylation sites is 1. The van der Waals surface area contributed by atoms with E-state index in [1.165, 1.54) is 23.9 Å². The first kappa shape index (κ1) is 20.0. The molecule has 0 aliphatic carbocycles. The molecule has 0 aliphatic rings. The maximum Gasteiger partial charge on any atom is 0.234 e. The molecule has 26 heavy (non-hydrogen) atoms. The summed E-state index contributed by atoms with van der Waals surface area (Å²) in [5, 5.41) is 5.60. The summed E-state index contributed by atoms with van der Waals surface area (Å²) in [5.41, 5.74) is 3.41. The Morgan fingerprint density at radius 3 is 2.38 bits per heavy atom. The maximum atomic E-state index is 13.1. The molecule has 2 rings (SSSR count). The summed E-state index contributed by atoms with van der Waals surface area (Å²) in [6.07, 6.45) is 1.10. The van der Waals surface area contributed by atoms with Gasteiger partial charge in [0.1, 0.15) is 5.82 Å². The van der Waals surface area contributed by atoms with Crippen molar-refractivity contribution in [3.05, 3.63) is 59.4 Å². The van der Waals surface area contributed by atoms with E-state index in [1.54, 1.807) is 12.1 Å². The Labute approximate surface area is 157 Å². The van der Waals surface area contributed by atoms with Gasteiger partial charge in [-0.25, -0.2) is 4.39 Å². The number of rotatable bonds is 8. The molecule has 0 aliphatic heterocycles. The summed E-state index contributed by atoms with van der Waals surface area (Å²) in [6, 6.07) is 11.7. The van der Waals surface area contributed by atoms with E-state index in [-0.39, 0.29) is 23.4 Å². The molecule has 0 saturated carbocycles. The van der Waals surface area contributed by atoms with Crippen molar-refractivity contribution in [3.63, 3.8) is 0 Å². The molecular weight excluding hydrogens is 351 g/mol. The van der Waals surface area contributed by atoms with Crippen molar-refractivity contribution < 1.29 is 14.0 Å². The Kier molecular flexibility index (Phi) is 7.66. The van der Waals surface area contributed by atoms with E-state index in [4.69, 9.17) is 0 Å². The van der Waals surface area contributed by atoms with E-state index in [9.17, 15) is 14.0 Å². The van der Waals surface area contributed by atoms with Gasteiger partial charge in [-0.2, -0.15) is 11.8 Å². The number of hydrogen-bond acceptors (Lipinski definition) is 3. The molecule has 2 aromatic rings. The number of amides is 2. The predicted octanol–water partition coefficient (Wildman–Crippen LogP) is 4.53. The van der Waals surface area contributed by atoms with Crippen LogP contribution in [0.25, 0.3) is 0 Å². The lowest BCUT2D eigenvalue weighted by atomic mass is 10.1. The fourth-order valence-corrected chi connectivity index (χ4v) is 3.23. The zero-order valence-corrected chi connectivity index (χ0v) is 15.8. The Morgan fingerprint density at radius 1 is 1.00 bits per heavy atom. The number of hydrogen-bond donors (Lipinski definition) is 2. The molecule has 2 N–H and O–H groups in total. The second kappa shape index (κ2) is 9.97. The van der Waals surface area contributed by atoms with Crippen LogP contribution in [0.1, 0.15) is 24.0 Å². The predicted molar refractivity (Wildman–Crippen MR) is 106 cm³/mol. The highest BCUT2D eigenvalue weighted by Crippen LogP contribution is 2.20. The first-order chi connectivity index (χ1) is 12.5. The Hall–Kier alpha value is -2.34. The molecule has 4 nitrogen and oxygen atoms in total. The number of thioether (sulfide) groups is 1. The summed E-state index contributed by atoms with van der Waals surface area (Å²) in [4.78, 5) is 23.9. The van der Waals surface area contributed by atoms with Crippen molar-refractivity contribution in [3.8, 4) is 0 Å². The average Bonchev–Trinajstić information content (AvgIpc) is 2.58. The molecular formula is C20H23FN2O2S. The molecule has 0 aromatic heterocycles. The number of aryl methyl sites for hydroxylation is 2. The standard InChI is InChI=1S/C20H23FN2O2S/c1-14-6-3-7-15(2)20(14)23-18(24)10-5-11-26-13-19(25)22-17-9-4-8-16(21)12-17/h3-4,6-9,12H,5,10-11,13H2,1-2H3,(H,22,25)(H,23,24). The zero-order chi connectivity index (χ0) is 18.9. The van der Waals surface area contributed by atoms with E-state index in [0.29, 0.717) is 24.3 Å². The highest BCUT2D eigenvalue weighted by molar-refractivity contribution is 7.99. The Bertz CT molecular complexity index is 760. The monoisotopic (exact) mass is 374 g/mol. The minimum Gasteiger partial charge on any atom is -0.326 e. The van der Waals surface area contributed by atoms with Crippen molar-refractivity contribution in [2.45, 2.75) is 26.7 Å². The van der Waals surface area contributed by atoms with Crippen LogP contribution >= 0.6 is 11.8 Å². The van der Waals surface area contributed by atoms with Gasteiger partial charge >= 0.3 is 0 Å². The lowest BCUT2D eigenvalue weighted by Crippen LogP contribution is -2.15. The lowest BCUT2D eigenvalue weighted by Gasteiger charge is -2.11. The molecule has 0 unspecified atom stereocenters. The molecule has 0 heterocycles. The summed E-state index contributed by atoms with van der Waals surface area (Å²) < 4.78 is 13.1. The van der Waals surface area contributed by atoms with Crippen molar-refractivity contribution in [1.82, 2.24) is 0 Å². The highest BCUT2D eigenvalue weighted by Gasteiger charge is 2.08.